The van der Waals surface area contributed by atoms with Gasteiger partial charge in [0, 0.05) is 24.0 Å². The van der Waals surface area contributed by atoms with Gasteiger partial charge in [0.1, 0.15) is 18.2 Å². The van der Waals surface area contributed by atoms with Crippen LogP contribution in [0.2, 0.25) is 0 Å². The molecule has 2 aromatic rings. The summed E-state index contributed by atoms with van der Waals surface area (Å²) in [7, 11) is 0. The molecule has 0 bridgehead atoms. The predicted octanol–water partition coefficient (Wildman–Crippen LogP) is 2.12. The van der Waals surface area contributed by atoms with Crippen LogP contribution in [0.25, 0.3) is 0 Å². The number of halogens is 1. The van der Waals surface area contributed by atoms with Crippen molar-refractivity contribution in [1.29, 1.82) is 0 Å². The van der Waals surface area contributed by atoms with Crippen LogP contribution in [0.5, 0.6) is 5.75 Å². The van der Waals surface area contributed by atoms with E-state index in [1.165, 1.54) is 12.1 Å². The average Bonchev–Trinajstić information content (AvgIpc) is 2.84. The van der Waals surface area contributed by atoms with E-state index in [9.17, 15) is 4.39 Å². The molecule has 0 aliphatic carbocycles. The third-order valence-electron chi connectivity index (χ3n) is 2.60. The molecule has 4 nitrogen and oxygen atoms in total. The lowest BCUT2D eigenvalue weighted by molar-refractivity contribution is 0.287. The highest BCUT2D eigenvalue weighted by Crippen LogP contribution is 2.24. The lowest BCUT2D eigenvalue weighted by Crippen LogP contribution is -2.12. The second-order valence-corrected chi connectivity index (χ2v) is 4.09. The molecule has 2 N–H and O–H groups in total. The first kappa shape index (κ1) is 12.6. The summed E-state index contributed by atoms with van der Waals surface area (Å²) in [6, 6.07) is 5.98. The molecule has 0 aliphatic rings. The van der Waals surface area contributed by atoms with Crippen molar-refractivity contribution < 1.29 is 9.13 Å². The Morgan fingerprint density at radius 3 is 3.00 bits per heavy atom. The van der Waals surface area contributed by atoms with Gasteiger partial charge in [-0.15, -0.1) is 0 Å². The molecule has 1 heterocycles. The van der Waals surface area contributed by atoms with Crippen LogP contribution < -0.4 is 10.5 Å². The zero-order valence-corrected chi connectivity index (χ0v) is 10.2. The molecule has 96 valence electrons. The van der Waals surface area contributed by atoms with E-state index in [4.69, 9.17) is 10.5 Å². The number of nitrogens with zero attached hydrogens (tertiary/aromatic N) is 2. The molecule has 0 amide bonds. The molecule has 1 unspecified atom stereocenters. The molecule has 18 heavy (non-hydrogen) atoms. The van der Waals surface area contributed by atoms with E-state index >= 15 is 0 Å². The van der Waals surface area contributed by atoms with Crippen molar-refractivity contribution in [3.63, 3.8) is 0 Å². The van der Waals surface area contributed by atoms with E-state index in [2.05, 4.69) is 5.10 Å². The molecule has 1 aromatic carbocycles. The van der Waals surface area contributed by atoms with Crippen molar-refractivity contribution in [2.24, 2.45) is 5.73 Å². The van der Waals surface area contributed by atoms with Gasteiger partial charge < -0.3 is 10.5 Å². The minimum Gasteiger partial charge on any atom is -0.491 e. The summed E-state index contributed by atoms with van der Waals surface area (Å²) in [5, 5.41) is 4.07. The number of nitrogens with two attached hydrogens (primary N) is 1. The number of benzene rings is 1. The minimum absolute atomic E-state index is 0.264. The summed E-state index contributed by atoms with van der Waals surface area (Å²) in [4.78, 5) is 0. The summed E-state index contributed by atoms with van der Waals surface area (Å²) in [5.41, 5.74) is 6.46. The number of hydrogen-bond donors (Lipinski definition) is 1. The summed E-state index contributed by atoms with van der Waals surface area (Å²) < 4.78 is 20.5. The van der Waals surface area contributed by atoms with Crippen LogP contribution >= 0.6 is 0 Å². The Morgan fingerprint density at radius 2 is 2.33 bits per heavy atom. The SMILES string of the molecule is CC(N)c1cc(F)ccc1OCCn1cccn1. The Balaban J connectivity index is 2.00. The van der Waals surface area contributed by atoms with Crippen molar-refractivity contribution in [3.05, 3.63) is 48.0 Å². The quantitative estimate of drug-likeness (QED) is 0.883. The van der Waals surface area contributed by atoms with Gasteiger partial charge in [0.15, 0.2) is 0 Å². The summed E-state index contributed by atoms with van der Waals surface area (Å²) in [5.74, 6) is 0.320. The Bertz CT molecular complexity index is 497. The van der Waals surface area contributed by atoms with Crippen molar-refractivity contribution in [3.8, 4) is 5.75 Å². The molecule has 0 radical (unpaired) electrons. The molecule has 0 fully saturated rings. The fraction of sp³-hybridized carbons (Fsp3) is 0.308. The van der Waals surface area contributed by atoms with Gasteiger partial charge in [-0.3, -0.25) is 4.68 Å². The molecule has 0 aliphatic heterocycles. The smallest absolute Gasteiger partial charge is 0.124 e. The summed E-state index contributed by atoms with van der Waals surface area (Å²) in [6.07, 6.45) is 3.58. The highest BCUT2D eigenvalue weighted by atomic mass is 19.1. The normalized spacial score (nSPS) is 12.4. The second kappa shape index (κ2) is 5.64. The van der Waals surface area contributed by atoms with Crippen molar-refractivity contribution in [1.82, 2.24) is 9.78 Å². The van der Waals surface area contributed by atoms with E-state index in [0.29, 0.717) is 24.5 Å². The van der Waals surface area contributed by atoms with Gasteiger partial charge >= 0.3 is 0 Å². The van der Waals surface area contributed by atoms with Crippen molar-refractivity contribution in [2.45, 2.75) is 19.5 Å². The number of hydrogen-bond acceptors (Lipinski definition) is 3. The topological polar surface area (TPSA) is 53.1 Å². The zero-order valence-electron chi connectivity index (χ0n) is 10.2. The van der Waals surface area contributed by atoms with Crippen LogP contribution in [0.4, 0.5) is 4.39 Å². The van der Waals surface area contributed by atoms with E-state index in [-0.39, 0.29) is 11.9 Å². The molecule has 1 aromatic heterocycles. The van der Waals surface area contributed by atoms with Gasteiger partial charge in [0.25, 0.3) is 0 Å². The molecular weight excluding hydrogens is 233 g/mol. The van der Waals surface area contributed by atoms with E-state index in [1.807, 2.05) is 12.3 Å². The van der Waals surface area contributed by atoms with Gasteiger partial charge in [0.05, 0.1) is 6.54 Å². The summed E-state index contributed by atoms with van der Waals surface area (Å²) in [6.45, 7) is 2.91. The van der Waals surface area contributed by atoms with Crippen LogP contribution in [-0.4, -0.2) is 16.4 Å². The molecule has 0 saturated heterocycles. The standard InChI is InChI=1S/C13H16FN3O/c1-10(15)12-9-11(14)3-4-13(12)18-8-7-17-6-2-5-16-17/h2-6,9-10H,7-8,15H2,1H3. The van der Waals surface area contributed by atoms with Gasteiger partial charge in [-0.1, -0.05) is 0 Å². The van der Waals surface area contributed by atoms with Gasteiger partial charge in [-0.25, -0.2) is 4.39 Å². The van der Waals surface area contributed by atoms with Crippen LogP contribution in [0.15, 0.2) is 36.7 Å². The Labute approximate surface area is 105 Å². The maximum absolute atomic E-state index is 13.1. The lowest BCUT2D eigenvalue weighted by atomic mass is 10.1. The van der Waals surface area contributed by atoms with Gasteiger partial charge in [0.2, 0.25) is 0 Å². The molecular formula is C13H16FN3O. The fourth-order valence-corrected chi connectivity index (χ4v) is 1.69. The molecule has 2 rings (SSSR count). The number of rotatable bonds is 5. The highest BCUT2D eigenvalue weighted by molar-refractivity contribution is 5.36. The molecule has 0 saturated carbocycles. The van der Waals surface area contributed by atoms with E-state index < -0.39 is 0 Å². The maximum atomic E-state index is 13.1. The highest BCUT2D eigenvalue weighted by Gasteiger charge is 2.09. The largest absolute Gasteiger partial charge is 0.491 e. The van der Waals surface area contributed by atoms with Crippen LogP contribution in [-0.2, 0) is 6.54 Å². The van der Waals surface area contributed by atoms with Crippen molar-refractivity contribution in [2.75, 3.05) is 6.61 Å². The van der Waals surface area contributed by atoms with Crippen molar-refractivity contribution >= 4 is 0 Å². The van der Waals surface area contributed by atoms with Gasteiger partial charge in [-0.05, 0) is 31.2 Å². The first-order chi connectivity index (χ1) is 8.66. The third-order valence-corrected chi connectivity index (χ3v) is 2.60. The van der Waals surface area contributed by atoms with Crippen LogP contribution in [0, 0.1) is 5.82 Å². The first-order valence-corrected chi connectivity index (χ1v) is 5.82. The maximum Gasteiger partial charge on any atom is 0.124 e. The van der Waals surface area contributed by atoms with Crippen LogP contribution in [0.3, 0.4) is 0 Å². The van der Waals surface area contributed by atoms with Gasteiger partial charge in [-0.2, -0.15) is 5.10 Å². The monoisotopic (exact) mass is 249 g/mol. The van der Waals surface area contributed by atoms with Crippen LogP contribution in [0.1, 0.15) is 18.5 Å². The zero-order chi connectivity index (χ0) is 13.0. The first-order valence-electron chi connectivity index (χ1n) is 5.82. The molecule has 0 spiro atoms. The second-order valence-electron chi connectivity index (χ2n) is 4.09. The number of ether oxygens (including phenoxy) is 1. The Hall–Kier alpha value is -1.88. The van der Waals surface area contributed by atoms with E-state index in [1.54, 1.807) is 23.9 Å². The number of aromatic nitrogens is 2. The van der Waals surface area contributed by atoms with E-state index in [0.717, 1.165) is 0 Å². The third kappa shape index (κ3) is 3.07. The summed E-state index contributed by atoms with van der Waals surface area (Å²) >= 11 is 0. The minimum atomic E-state index is -0.304. The Morgan fingerprint density at radius 1 is 1.50 bits per heavy atom. The fourth-order valence-electron chi connectivity index (χ4n) is 1.69. The predicted molar refractivity (Wildman–Crippen MR) is 66.7 cm³/mol. The average molecular weight is 249 g/mol. The Kier molecular flexibility index (Phi) is 3.94. The lowest BCUT2D eigenvalue weighted by Gasteiger charge is -2.14. The molecule has 1 atom stereocenters. The molecule has 5 heteroatoms.